The van der Waals surface area contributed by atoms with E-state index in [9.17, 15) is 4.79 Å². The van der Waals surface area contributed by atoms with Gasteiger partial charge >= 0.3 is 5.97 Å². The van der Waals surface area contributed by atoms with E-state index in [1.807, 2.05) is 0 Å². The number of methoxy groups -OCH3 is 1. The van der Waals surface area contributed by atoms with Crippen LogP contribution in [0.4, 0.5) is 0 Å². The second-order valence-electron chi connectivity index (χ2n) is 2.05. The number of esters is 1. The van der Waals surface area contributed by atoms with Crippen molar-refractivity contribution in [2.24, 2.45) is 5.92 Å². The van der Waals surface area contributed by atoms with Crippen LogP contribution in [0.5, 0.6) is 0 Å². The number of carbonyl (C=O) groups is 1. The number of ether oxygens (including phenoxy) is 1. The third-order valence-corrected chi connectivity index (χ3v) is 1.30. The van der Waals surface area contributed by atoms with E-state index in [0.29, 0.717) is 0 Å². The molecule has 0 radical (unpaired) electrons. The Bertz CT molecular complexity index is 98.5. The van der Waals surface area contributed by atoms with E-state index in [0.717, 1.165) is 0 Å². The second kappa shape index (κ2) is 3.45. The van der Waals surface area contributed by atoms with Gasteiger partial charge in [-0.15, -0.1) is 0 Å². The molecule has 0 heterocycles. The zero-order valence-corrected chi connectivity index (χ0v) is 5.92. The molecule has 0 amide bonds. The smallest absolute Gasteiger partial charge is 0.310 e. The minimum atomic E-state index is -0.627. The van der Waals surface area contributed by atoms with Gasteiger partial charge in [-0.05, 0) is 13.8 Å². The van der Waals surface area contributed by atoms with Crippen LogP contribution in [0.15, 0.2) is 0 Å². The van der Waals surface area contributed by atoms with Crippen molar-refractivity contribution < 1.29 is 14.6 Å². The van der Waals surface area contributed by atoms with Crippen molar-refractivity contribution in [1.82, 2.24) is 0 Å². The lowest BCUT2D eigenvalue weighted by atomic mass is 10.1. The Morgan fingerprint density at radius 1 is 1.56 bits per heavy atom. The summed E-state index contributed by atoms with van der Waals surface area (Å²) < 4.78 is 4.37. The average molecular weight is 132 g/mol. The van der Waals surface area contributed by atoms with Gasteiger partial charge in [0.15, 0.2) is 0 Å². The van der Waals surface area contributed by atoms with Crippen molar-refractivity contribution >= 4 is 5.97 Å². The summed E-state index contributed by atoms with van der Waals surface area (Å²) in [6.07, 6.45) is -0.627. The molecule has 0 fully saturated rings. The summed E-state index contributed by atoms with van der Waals surface area (Å²) in [5.41, 5.74) is 0. The predicted octanol–water partition coefficient (Wildman–Crippen LogP) is 0.176. The molecule has 9 heavy (non-hydrogen) atoms. The lowest BCUT2D eigenvalue weighted by molar-refractivity contribution is -0.148. The van der Waals surface area contributed by atoms with Crippen LogP contribution in [-0.4, -0.2) is 24.3 Å². The number of aliphatic hydroxyl groups is 1. The van der Waals surface area contributed by atoms with Crippen LogP contribution in [0.1, 0.15) is 13.8 Å². The molecule has 0 bridgehead atoms. The molecule has 0 saturated carbocycles. The summed E-state index contributed by atoms with van der Waals surface area (Å²) in [5, 5.41) is 8.82. The molecule has 0 aromatic carbocycles. The van der Waals surface area contributed by atoms with Gasteiger partial charge in [-0.1, -0.05) is 0 Å². The van der Waals surface area contributed by atoms with Crippen molar-refractivity contribution in [3.8, 4) is 0 Å². The van der Waals surface area contributed by atoms with Gasteiger partial charge in [-0.3, -0.25) is 4.79 Å². The molecule has 1 N–H and O–H groups in total. The molecule has 0 rings (SSSR count). The fourth-order valence-electron chi connectivity index (χ4n) is 0.383. The molecule has 2 atom stereocenters. The van der Waals surface area contributed by atoms with E-state index in [-0.39, 0.29) is 5.97 Å². The lowest BCUT2D eigenvalue weighted by Gasteiger charge is -2.10. The van der Waals surface area contributed by atoms with E-state index >= 15 is 0 Å². The van der Waals surface area contributed by atoms with Crippen LogP contribution in [0.3, 0.4) is 0 Å². The molecule has 54 valence electrons. The summed E-state index contributed by atoms with van der Waals surface area (Å²) in [4.78, 5) is 10.6. The third kappa shape index (κ3) is 2.46. The van der Waals surface area contributed by atoms with E-state index in [4.69, 9.17) is 5.11 Å². The highest BCUT2D eigenvalue weighted by molar-refractivity contribution is 5.72. The molecular weight excluding hydrogens is 120 g/mol. The Morgan fingerprint density at radius 3 is 2.11 bits per heavy atom. The van der Waals surface area contributed by atoms with Crippen LogP contribution in [0.2, 0.25) is 0 Å². The minimum absolute atomic E-state index is 0.370. The first kappa shape index (κ1) is 8.43. The normalized spacial score (nSPS) is 16.4. The fourth-order valence-corrected chi connectivity index (χ4v) is 0.383. The van der Waals surface area contributed by atoms with Crippen molar-refractivity contribution in [3.63, 3.8) is 0 Å². The molecular formula is C6H12O3. The topological polar surface area (TPSA) is 46.5 Å². The maximum absolute atomic E-state index is 10.6. The first-order valence-corrected chi connectivity index (χ1v) is 2.85. The van der Waals surface area contributed by atoms with Crippen molar-refractivity contribution in [3.05, 3.63) is 0 Å². The number of rotatable bonds is 2. The molecule has 0 aliphatic heterocycles. The largest absolute Gasteiger partial charge is 0.469 e. The first-order chi connectivity index (χ1) is 4.09. The maximum Gasteiger partial charge on any atom is 0.310 e. The highest BCUT2D eigenvalue weighted by Gasteiger charge is 2.17. The van der Waals surface area contributed by atoms with Crippen molar-refractivity contribution in [1.29, 1.82) is 0 Å². The number of carbonyl (C=O) groups excluding carboxylic acids is 1. The predicted molar refractivity (Wildman–Crippen MR) is 32.9 cm³/mol. The first-order valence-electron chi connectivity index (χ1n) is 2.85. The van der Waals surface area contributed by atoms with Crippen LogP contribution in [-0.2, 0) is 9.53 Å². The van der Waals surface area contributed by atoms with E-state index in [1.165, 1.54) is 7.11 Å². The monoisotopic (exact) mass is 132 g/mol. The summed E-state index contributed by atoms with van der Waals surface area (Å²) in [7, 11) is 1.31. The van der Waals surface area contributed by atoms with Crippen molar-refractivity contribution in [2.45, 2.75) is 20.0 Å². The molecule has 0 saturated heterocycles. The van der Waals surface area contributed by atoms with Crippen molar-refractivity contribution in [2.75, 3.05) is 7.11 Å². The number of hydrogen-bond acceptors (Lipinski definition) is 3. The quantitative estimate of drug-likeness (QED) is 0.545. The van der Waals surface area contributed by atoms with E-state index < -0.39 is 12.0 Å². The van der Waals surface area contributed by atoms with Crippen LogP contribution in [0.25, 0.3) is 0 Å². The van der Waals surface area contributed by atoms with E-state index in [2.05, 4.69) is 4.74 Å². The van der Waals surface area contributed by atoms with Crippen LogP contribution < -0.4 is 0 Å². The number of hydrogen-bond donors (Lipinski definition) is 1. The Kier molecular flexibility index (Phi) is 3.24. The summed E-state index contributed by atoms with van der Waals surface area (Å²) in [6, 6.07) is 0. The molecule has 0 spiro atoms. The van der Waals surface area contributed by atoms with Gasteiger partial charge in [0.05, 0.1) is 19.1 Å². The van der Waals surface area contributed by atoms with Gasteiger partial charge in [0.1, 0.15) is 0 Å². The summed E-state index contributed by atoms with van der Waals surface area (Å²) in [5.74, 6) is -0.792. The minimum Gasteiger partial charge on any atom is -0.469 e. The highest BCUT2D eigenvalue weighted by Crippen LogP contribution is 2.02. The summed E-state index contributed by atoms with van der Waals surface area (Å²) in [6.45, 7) is 3.18. The second-order valence-corrected chi connectivity index (χ2v) is 2.05. The SMILES string of the molecule is COC(=O)C(C)[C@@H](C)O. The van der Waals surface area contributed by atoms with Gasteiger partial charge in [0, 0.05) is 0 Å². The summed E-state index contributed by atoms with van der Waals surface area (Å²) >= 11 is 0. The molecule has 3 nitrogen and oxygen atoms in total. The molecule has 0 aromatic rings. The van der Waals surface area contributed by atoms with Crippen LogP contribution >= 0.6 is 0 Å². The van der Waals surface area contributed by atoms with Gasteiger partial charge in [0.2, 0.25) is 0 Å². The zero-order valence-electron chi connectivity index (χ0n) is 5.92. The Balaban J connectivity index is 3.72. The number of aliphatic hydroxyl groups excluding tert-OH is 1. The Labute approximate surface area is 54.6 Å². The Hall–Kier alpha value is -0.570. The molecule has 0 aliphatic carbocycles. The lowest BCUT2D eigenvalue weighted by Crippen LogP contribution is -2.23. The van der Waals surface area contributed by atoms with Crippen LogP contribution in [0, 0.1) is 5.92 Å². The third-order valence-electron chi connectivity index (χ3n) is 1.30. The zero-order chi connectivity index (χ0) is 7.44. The average Bonchev–Trinajstić information content (AvgIpc) is 1.84. The van der Waals surface area contributed by atoms with E-state index in [1.54, 1.807) is 13.8 Å². The van der Waals surface area contributed by atoms with Gasteiger partial charge in [-0.2, -0.15) is 0 Å². The molecule has 0 aliphatic rings. The maximum atomic E-state index is 10.6. The molecule has 1 unspecified atom stereocenters. The standard InChI is InChI=1S/C6H12O3/c1-4(5(2)7)6(8)9-3/h4-5,7H,1-3H3/t4?,5-/m1/s1. The van der Waals surface area contributed by atoms with Gasteiger partial charge in [-0.25, -0.2) is 0 Å². The van der Waals surface area contributed by atoms with Gasteiger partial charge < -0.3 is 9.84 Å². The van der Waals surface area contributed by atoms with Gasteiger partial charge in [0.25, 0.3) is 0 Å². The highest BCUT2D eigenvalue weighted by atomic mass is 16.5. The molecule has 3 heteroatoms. The molecule has 0 aromatic heterocycles. The Morgan fingerprint density at radius 2 is 2.00 bits per heavy atom. The fraction of sp³-hybridized carbons (Fsp3) is 0.833.